The van der Waals surface area contributed by atoms with Gasteiger partial charge in [0.15, 0.2) is 0 Å². The minimum atomic E-state index is -0.460. The van der Waals surface area contributed by atoms with Gasteiger partial charge in [0.2, 0.25) is 11.8 Å². The molecule has 0 bridgehead atoms. The minimum absolute atomic E-state index is 0.0259. The van der Waals surface area contributed by atoms with Crippen molar-refractivity contribution in [3.63, 3.8) is 0 Å². The molecule has 1 N–H and O–H groups in total. The highest BCUT2D eigenvalue weighted by Gasteiger charge is 2.22. The number of amides is 2. The zero-order valence-corrected chi connectivity index (χ0v) is 15.7. The lowest BCUT2D eigenvalue weighted by Crippen LogP contribution is -2.39. The number of anilines is 2. The van der Waals surface area contributed by atoms with Gasteiger partial charge in [0, 0.05) is 32.5 Å². The predicted octanol–water partition coefficient (Wildman–Crippen LogP) is 1.38. The van der Waals surface area contributed by atoms with Crippen LogP contribution in [0.2, 0.25) is 0 Å². The molecule has 1 fully saturated rings. The van der Waals surface area contributed by atoms with E-state index in [-0.39, 0.29) is 18.4 Å². The van der Waals surface area contributed by atoms with Gasteiger partial charge in [-0.3, -0.25) is 14.3 Å². The number of hydrogen-bond acceptors (Lipinski definition) is 5. The topological polar surface area (TPSA) is 79.7 Å². The van der Waals surface area contributed by atoms with E-state index in [0.717, 1.165) is 24.5 Å². The van der Waals surface area contributed by atoms with Crippen LogP contribution in [0.3, 0.4) is 0 Å². The van der Waals surface area contributed by atoms with Crippen LogP contribution in [0.1, 0.15) is 13.0 Å². The molecule has 1 aromatic heterocycles. The summed E-state index contributed by atoms with van der Waals surface area (Å²) in [5, 5.41) is 7.01. The van der Waals surface area contributed by atoms with Crippen LogP contribution < -0.4 is 10.2 Å². The van der Waals surface area contributed by atoms with Gasteiger partial charge < -0.3 is 19.9 Å². The van der Waals surface area contributed by atoms with Crippen LogP contribution in [0.5, 0.6) is 0 Å². The van der Waals surface area contributed by atoms with Gasteiger partial charge in [0.05, 0.1) is 31.1 Å². The van der Waals surface area contributed by atoms with Crippen LogP contribution in [0.4, 0.5) is 11.4 Å². The van der Waals surface area contributed by atoms with Crippen LogP contribution in [0.15, 0.2) is 42.7 Å². The number of aromatic nitrogens is 2. The van der Waals surface area contributed by atoms with Crippen molar-refractivity contribution in [1.82, 2.24) is 14.7 Å². The fraction of sp³-hybridized carbons (Fsp3) is 0.421. The highest BCUT2D eigenvalue weighted by Crippen LogP contribution is 2.26. The predicted molar refractivity (Wildman–Crippen MR) is 103 cm³/mol. The maximum Gasteiger partial charge on any atom is 0.247 e. The lowest BCUT2D eigenvalue weighted by molar-refractivity contribution is -0.136. The Morgan fingerprint density at radius 3 is 2.70 bits per heavy atom. The SMILES string of the molecule is CC(C(=O)N(C)CC(=O)Nc1ccccc1N1CCOCC1)n1cccn1. The van der Waals surface area contributed by atoms with Gasteiger partial charge in [0.1, 0.15) is 6.04 Å². The number of hydrogen-bond donors (Lipinski definition) is 1. The van der Waals surface area contributed by atoms with Gasteiger partial charge in [-0.25, -0.2) is 0 Å². The smallest absolute Gasteiger partial charge is 0.247 e. The molecular weight excluding hydrogens is 346 g/mol. The first kappa shape index (κ1) is 18.9. The van der Waals surface area contributed by atoms with Crippen molar-refractivity contribution in [2.24, 2.45) is 0 Å². The van der Waals surface area contributed by atoms with Crippen LogP contribution >= 0.6 is 0 Å². The molecule has 8 heteroatoms. The number of nitrogens with one attached hydrogen (secondary N) is 1. The molecule has 1 aromatic carbocycles. The fourth-order valence-electron chi connectivity index (χ4n) is 3.08. The summed E-state index contributed by atoms with van der Waals surface area (Å²) < 4.78 is 6.97. The minimum Gasteiger partial charge on any atom is -0.378 e. The van der Waals surface area contributed by atoms with E-state index in [1.54, 1.807) is 37.1 Å². The number of likely N-dealkylation sites (N-methyl/N-ethyl adjacent to an activating group) is 1. The maximum absolute atomic E-state index is 12.5. The average Bonchev–Trinajstić information content (AvgIpc) is 3.22. The summed E-state index contributed by atoms with van der Waals surface area (Å²) in [7, 11) is 1.62. The van der Waals surface area contributed by atoms with Crippen molar-refractivity contribution in [2.75, 3.05) is 50.1 Å². The summed E-state index contributed by atoms with van der Waals surface area (Å²) in [5.41, 5.74) is 1.71. The highest BCUT2D eigenvalue weighted by molar-refractivity contribution is 5.97. The third-order valence-corrected chi connectivity index (χ3v) is 4.57. The number of carbonyl (C=O) groups is 2. The van der Waals surface area contributed by atoms with Crippen molar-refractivity contribution >= 4 is 23.2 Å². The molecule has 8 nitrogen and oxygen atoms in total. The number of rotatable bonds is 6. The van der Waals surface area contributed by atoms with E-state index in [1.807, 2.05) is 24.3 Å². The monoisotopic (exact) mass is 371 g/mol. The Kier molecular flexibility index (Phi) is 6.08. The zero-order chi connectivity index (χ0) is 19.2. The fourth-order valence-corrected chi connectivity index (χ4v) is 3.08. The average molecular weight is 371 g/mol. The second-order valence-corrected chi connectivity index (χ2v) is 6.52. The van der Waals surface area contributed by atoms with E-state index in [0.29, 0.717) is 13.2 Å². The van der Waals surface area contributed by atoms with Crippen molar-refractivity contribution in [2.45, 2.75) is 13.0 Å². The van der Waals surface area contributed by atoms with Crippen LogP contribution in [-0.4, -0.2) is 66.4 Å². The molecule has 0 radical (unpaired) electrons. The highest BCUT2D eigenvalue weighted by atomic mass is 16.5. The number of morpholine rings is 1. The molecular formula is C19H25N5O3. The van der Waals surface area contributed by atoms with E-state index >= 15 is 0 Å². The second-order valence-electron chi connectivity index (χ2n) is 6.52. The van der Waals surface area contributed by atoms with Crippen molar-refractivity contribution < 1.29 is 14.3 Å². The summed E-state index contributed by atoms with van der Waals surface area (Å²) >= 11 is 0. The Morgan fingerprint density at radius 2 is 2.00 bits per heavy atom. The van der Waals surface area contributed by atoms with Crippen molar-refractivity contribution in [1.29, 1.82) is 0 Å². The van der Waals surface area contributed by atoms with Crippen molar-refractivity contribution in [3.05, 3.63) is 42.7 Å². The molecule has 1 unspecified atom stereocenters. The zero-order valence-electron chi connectivity index (χ0n) is 15.7. The Bertz CT molecular complexity index is 771. The quantitative estimate of drug-likeness (QED) is 0.830. The Morgan fingerprint density at radius 1 is 1.26 bits per heavy atom. The number of carbonyl (C=O) groups excluding carboxylic acids is 2. The molecule has 1 saturated heterocycles. The molecule has 2 aromatic rings. The molecule has 1 atom stereocenters. The molecule has 1 aliphatic heterocycles. The molecule has 2 heterocycles. The first-order valence-electron chi connectivity index (χ1n) is 9.02. The Balaban J connectivity index is 1.61. The lowest BCUT2D eigenvalue weighted by Gasteiger charge is -2.30. The number of ether oxygens (including phenoxy) is 1. The molecule has 1 aliphatic rings. The third kappa shape index (κ3) is 4.65. The molecule has 27 heavy (non-hydrogen) atoms. The maximum atomic E-state index is 12.5. The van der Waals surface area contributed by atoms with Gasteiger partial charge in [-0.1, -0.05) is 12.1 Å². The third-order valence-electron chi connectivity index (χ3n) is 4.57. The van der Waals surface area contributed by atoms with E-state index in [4.69, 9.17) is 4.74 Å². The van der Waals surface area contributed by atoms with E-state index in [9.17, 15) is 9.59 Å². The first-order valence-corrected chi connectivity index (χ1v) is 9.02. The standard InChI is InChI=1S/C19H25N5O3/c1-15(24-9-5-8-20-24)19(26)22(2)14-18(25)21-16-6-3-4-7-17(16)23-10-12-27-13-11-23/h3-9,15H,10-14H2,1-2H3,(H,21,25). The van der Waals surface area contributed by atoms with Crippen LogP contribution in [0, 0.1) is 0 Å². The second kappa shape index (κ2) is 8.68. The Hall–Kier alpha value is -2.87. The first-order chi connectivity index (χ1) is 13.1. The van der Waals surface area contributed by atoms with E-state index in [1.165, 1.54) is 4.90 Å². The number of benzene rings is 1. The molecule has 2 amide bonds. The summed E-state index contributed by atoms with van der Waals surface area (Å²) in [6, 6.07) is 8.99. The normalized spacial score (nSPS) is 15.3. The van der Waals surface area contributed by atoms with Gasteiger partial charge in [0.25, 0.3) is 0 Å². The summed E-state index contributed by atoms with van der Waals surface area (Å²) in [6.07, 6.45) is 3.36. The number of nitrogens with zero attached hydrogens (tertiary/aromatic N) is 4. The van der Waals surface area contributed by atoms with E-state index in [2.05, 4.69) is 15.3 Å². The van der Waals surface area contributed by atoms with Crippen LogP contribution in [-0.2, 0) is 14.3 Å². The largest absolute Gasteiger partial charge is 0.378 e. The van der Waals surface area contributed by atoms with Gasteiger partial charge in [-0.15, -0.1) is 0 Å². The summed E-state index contributed by atoms with van der Waals surface area (Å²) in [6.45, 7) is 4.65. The van der Waals surface area contributed by atoms with Gasteiger partial charge >= 0.3 is 0 Å². The van der Waals surface area contributed by atoms with Crippen molar-refractivity contribution in [3.8, 4) is 0 Å². The number of para-hydroxylation sites is 2. The van der Waals surface area contributed by atoms with Crippen LogP contribution in [0.25, 0.3) is 0 Å². The van der Waals surface area contributed by atoms with Gasteiger partial charge in [-0.05, 0) is 25.1 Å². The molecule has 0 spiro atoms. The molecule has 0 saturated carbocycles. The lowest BCUT2D eigenvalue weighted by atomic mass is 10.2. The van der Waals surface area contributed by atoms with Gasteiger partial charge in [-0.2, -0.15) is 5.10 Å². The molecule has 3 rings (SSSR count). The van der Waals surface area contributed by atoms with E-state index < -0.39 is 6.04 Å². The Labute approximate surface area is 158 Å². The summed E-state index contributed by atoms with van der Waals surface area (Å²) in [4.78, 5) is 28.6. The molecule has 0 aliphatic carbocycles. The molecule has 144 valence electrons. The summed E-state index contributed by atoms with van der Waals surface area (Å²) in [5.74, 6) is -0.408.